The Balaban J connectivity index is 1.33. The second-order valence-corrected chi connectivity index (χ2v) is 10.5. The summed E-state index contributed by atoms with van der Waals surface area (Å²) in [5, 5.41) is 16.3. The molecule has 190 valence electrons. The Labute approximate surface area is 234 Å². The van der Waals surface area contributed by atoms with Crippen molar-refractivity contribution in [2.24, 2.45) is 0 Å². The quantitative estimate of drug-likeness (QED) is 0.226. The summed E-state index contributed by atoms with van der Waals surface area (Å²) in [6, 6.07) is 46.8. The molecule has 0 N–H and O–H groups in total. The molecule has 0 fully saturated rings. The molecule has 9 rings (SSSR count). The third kappa shape index (κ3) is 3.03. The molecular formula is C37H21N3O. The van der Waals surface area contributed by atoms with Crippen LogP contribution in [0.2, 0.25) is 0 Å². The summed E-state index contributed by atoms with van der Waals surface area (Å²) in [5.74, 6) is 0. The summed E-state index contributed by atoms with van der Waals surface area (Å²) >= 11 is 0. The normalized spacial score (nSPS) is 11.9. The smallest absolute Gasteiger partial charge is 0.135 e. The van der Waals surface area contributed by atoms with Gasteiger partial charge in [0.1, 0.15) is 11.2 Å². The maximum atomic E-state index is 9.47. The van der Waals surface area contributed by atoms with E-state index in [9.17, 15) is 5.26 Å². The first-order valence-corrected chi connectivity index (χ1v) is 13.7. The van der Waals surface area contributed by atoms with E-state index in [2.05, 4.69) is 118 Å². The van der Waals surface area contributed by atoms with Crippen molar-refractivity contribution in [2.45, 2.75) is 0 Å². The Morgan fingerprint density at radius 1 is 0.439 bits per heavy atom. The molecule has 0 saturated heterocycles. The van der Waals surface area contributed by atoms with Crippen LogP contribution in [-0.4, -0.2) is 9.13 Å². The van der Waals surface area contributed by atoms with Crippen LogP contribution in [0.15, 0.2) is 132 Å². The van der Waals surface area contributed by atoms with Crippen LogP contribution in [0.3, 0.4) is 0 Å². The number of para-hydroxylation sites is 3. The number of hydrogen-bond acceptors (Lipinski definition) is 2. The molecule has 0 saturated carbocycles. The van der Waals surface area contributed by atoms with Crippen LogP contribution >= 0.6 is 0 Å². The summed E-state index contributed by atoms with van der Waals surface area (Å²) in [6.45, 7) is 0. The molecule has 3 heterocycles. The van der Waals surface area contributed by atoms with E-state index >= 15 is 0 Å². The number of benzene rings is 6. The van der Waals surface area contributed by atoms with Gasteiger partial charge in [-0.3, -0.25) is 0 Å². The molecule has 4 nitrogen and oxygen atoms in total. The molecule has 0 spiro atoms. The summed E-state index contributed by atoms with van der Waals surface area (Å²) in [4.78, 5) is 0. The molecule has 6 aromatic carbocycles. The summed E-state index contributed by atoms with van der Waals surface area (Å²) in [6.07, 6.45) is 0. The molecular weight excluding hydrogens is 502 g/mol. The number of rotatable bonds is 2. The Bertz CT molecular complexity index is 2500. The number of nitriles is 1. The molecule has 0 unspecified atom stereocenters. The third-order valence-corrected chi connectivity index (χ3v) is 8.33. The average Bonchev–Trinajstić information content (AvgIpc) is 3.67. The molecule has 0 aliphatic heterocycles. The van der Waals surface area contributed by atoms with Crippen molar-refractivity contribution in [1.82, 2.24) is 9.13 Å². The van der Waals surface area contributed by atoms with Gasteiger partial charge in [-0.1, -0.05) is 54.6 Å². The standard InChI is InChI=1S/C37H21N3O/c38-22-23-13-17-36-30(19-23)31-21-25(15-18-37(31)41-36)40-34-12-6-3-9-28(34)29-20-24(14-16-35(29)40)39-32-10-4-1-7-26(32)27-8-2-5-11-33(27)39/h1-21H. The minimum Gasteiger partial charge on any atom is -0.456 e. The zero-order chi connectivity index (χ0) is 27.1. The van der Waals surface area contributed by atoms with E-state index in [1.807, 2.05) is 18.2 Å². The molecule has 41 heavy (non-hydrogen) atoms. The maximum absolute atomic E-state index is 9.47. The Kier molecular flexibility index (Phi) is 4.37. The van der Waals surface area contributed by atoms with E-state index in [0.29, 0.717) is 5.56 Å². The van der Waals surface area contributed by atoms with E-state index in [0.717, 1.165) is 44.3 Å². The fourth-order valence-corrected chi connectivity index (χ4v) is 6.55. The first-order chi connectivity index (χ1) is 20.3. The number of hydrogen-bond donors (Lipinski definition) is 0. The second kappa shape index (κ2) is 8.11. The topological polar surface area (TPSA) is 46.8 Å². The van der Waals surface area contributed by atoms with Gasteiger partial charge in [0, 0.05) is 43.7 Å². The van der Waals surface area contributed by atoms with Crippen molar-refractivity contribution in [3.63, 3.8) is 0 Å². The zero-order valence-electron chi connectivity index (χ0n) is 21.9. The van der Waals surface area contributed by atoms with Crippen molar-refractivity contribution < 1.29 is 4.42 Å². The van der Waals surface area contributed by atoms with Crippen molar-refractivity contribution in [3.05, 3.63) is 133 Å². The monoisotopic (exact) mass is 523 g/mol. The molecule has 4 heteroatoms. The minimum atomic E-state index is 0.625. The van der Waals surface area contributed by atoms with E-state index in [1.54, 1.807) is 6.07 Å². The predicted octanol–water partition coefficient (Wildman–Crippen LogP) is 9.65. The van der Waals surface area contributed by atoms with Crippen LogP contribution in [-0.2, 0) is 0 Å². The van der Waals surface area contributed by atoms with Gasteiger partial charge in [-0.25, -0.2) is 0 Å². The largest absolute Gasteiger partial charge is 0.456 e. The van der Waals surface area contributed by atoms with E-state index in [4.69, 9.17) is 4.42 Å². The third-order valence-electron chi connectivity index (χ3n) is 8.33. The molecule has 0 aliphatic carbocycles. The number of aromatic nitrogens is 2. The van der Waals surface area contributed by atoms with Crippen molar-refractivity contribution in [3.8, 4) is 17.4 Å². The average molecular weight is 524 g/mol. The molecule has 3 aromatic heterocycles. The van der Waals surface area contributed by atoms with Crippen LogP contribution < -0.4 is 0 Å². The Hall–Kier alpha value is -5.79. The zero-order valence-corrected chi connectivity index (χ0v) is 21.9. The van der Waals surface area contributed by atoms with Gasteiger partial charge in [0.15, 0.2) is 0 Å². The van der Waals surface area contributed by atoms with E-state index in [1.165, 1.54) is 32.6 Å². The van der Waals surface area contributed by atoms with Gasteiger partial charge < -0.3 is 13.6 Å². The highest BCUT2D eigenvalue weighted by atomic mass is 16.3. The van der Waals surface area contributed by atoms with Crippen molar-refractivity contribution in [1.29, 1.82) is 5.26 Å². The van der Waals surface area contributed by atoms with Gasteiger partial charge >= 0.3 is 0 Å². The van der Waals surface area contributed by atoms with E-state index < -0.39 is 0 Å². The van der Waals surface area contributed by atoms with Crippen LogP contribution in [0.4, 0.5) is 0 Å². The van der Waals surface area contributed by atoms with Crippen LogP contribution in [0.25, 0.3) is 76.9 Å². The summed E-state index contributed by atoms with van der Waals surface area (Å²) < 4.78 is 10.8. The van der Waals surface area contributed by atoms with Gasteiger partial charge in [-0.05, 0) is 72.8 Å². The molecule has 0 radical (unpaired) electrons. The predicted molar refractivity (Wildman–Crippen MR) is 167 cm³/mol. The van der Waals surface area contributed by atoms with Crippen LogP contribution in [0.1, 0.15) is 5.56 Å². The first-order valence-electron chi connectivity index (χ1n) is 13.7. The van der Waals surface area contributed by atoms with Crippen molar-refractivity contribution in [2.75, 3.05) is 0 Å². The lowest BCUT2D eigenvalue weighted by Gasteiger charge is -2.10. The van der Waals surface area contributed by atoms with E-state index in [-0.39, 0.29) is 0 Å². The van der Waals surface area contributed by atoms with Gasteiger partial charge in [0.05, 0.1) is 33.7 Å². The lowest BCUT2D eigenvalue weighted by molar-refractivity contribution is 0.669. The number of furan rings is 1. The van der Waals surface area contributed by atoms with Gasteiger partial charge in [-0.15, -0.1) is 0 Å². The lowest BCUT2D eigenvalue weighted by Crippen LogP contribution is -1.95. The molecule has 0 aliphatic rings. The Morgan fingerprint density at radius 2 is 0.902 bits per heavy atom. The van der Waals surface area contributed by atoms with Gasteiger partial charge in [-0.2, -0.15) is 5.26 Å². The fraction of sp³-hybridized carbons (Fsp3) is 0. The van der Waals surface area contributed by atoms with Crippen LogP contribution in [0.5, 0.6) is 0 Å². The second-order valence-electron chi connectivity index (χ2n) is 10.5. The molecule has 0 amide bonds. The summed E-state index contributed by atoms with van der Waals surface area (Å²) in [5.41, 5.74) is 9.10. The lowest BCUT2D eigenvalue weighted by atomic mass is 10.1. The molecule has 9 aromatic rings. The van der Waals surface area contributed by atoms with Crippen molar-refractivity contribution >= 4 is 65.6 Å². The SMILES string of the molecule is N#Cc1ccc2oc3ccc(-n4c5ccccc5c5cc(-n6c7ccccc7c7ccccc76)ccc54)cc3c2c1. The Morgan fingerprint density at radius 3 is 1.51 bits per heavy atom. The number of fused-ring (bicyclic) bond motifs is 9. The minimum absolute atomic E-state index is 0.625. The van der Waals surface area contributed by atoms with Gasteiger partial charge in [0.25, 0.3) is 0 Å². The highest BCUT2D eigenvalue weighted by molar-refractivity contribution is 6.13. The fourth-order valence-electron chi connectivity index (χ4n) is 6.55. The van der Waals surface area contributed by atoms with Crippen LogP contribution in [0, 0.1) is 11.3 Å². The maximum Gasteiger partial charge on any atom is 0.135 e. The molecule has 0 bridgehead atoms. The molecule has 0 atom stereocenters. The number of nitrogens with zero attached hydrogens (tertiary/aromatic N) is 3. The van der Waals surface area contributed by atoms with Gasteiger partial charge in [0.2, 0.25) is 0 Å². The highest BCUT2D eigenvalue weighted by Gasteiger charge is 2.17. The summed E-state index contributed by atoms with van der Waals surface area (Å²) in [7, 11) is 0. The first kappa shape index (κ1) is 22.1. The highest BCUT2D eigenvalue weighted by Crippen LogP contribution is 2.38.